The van der Waals surface area contributed by atoms with Crippen LogP contribution in [0.15, 0.2) is 29.3 Å². The summed E-state index contributed by atoms with van der Waals surface area (Å²) in [5.41, 5.74) is -1.88. The van der Waals surface area contributed by atoms with Crippen molar-refractivity contribution in [1.29, 1.82) is 0 Å². The lowest BCUT2D eigenvalue weighted by Crippen LogP contribution is -2.43. The summed E-state index contributed by atoms with van der Waals surface area (Å²) >= 11 is 0. The van der Waals surface area contributed by atoms with Gasteiger partial charge < -0.3 is 4.74 Å². The highest BCUT2D eigenvalue weighted by Crippen LogP contribution is 2.35. The average Bonchev–Trinajstić information content (AvgIpc) is 2.31. The number of halogens is 3. The number of nitrogens with zero attached hydrogens (tertiary/aromatic N) is 1. The minimum Gasteiger partial charge on any atom is -0.480 e. The Morgan fingerprint density at radius 2 is 2.19 bits per heavy atom. The fourth-order valence-corrected chi connectivity index (χ4v) is 1.72. The van der Waals surface area contributed by atoms with E-state index in [1.54, 1.807) is 0 Å². The van der Waals surface area contributed by atoms with Gasteiger partial charge in [0.25, 0.3) is 0 Å². The van der Waals surface area contributed by atoms with E-state index in [2.05, 4.69) is 9.73 Å². The quantitative estimate of drug-likeness (QED) is 0.763. The van der Waals surface area contributed by atoms with Crippen LogP contribution in [0.4, 0.5) is 13.2 Å². The van der Waals surface area contributed by atoms with Gasteiger partial charge in [-0.1, -0.05) is 18.2 Å². The summed E-state index contributed by atoms with van der Waals surface area (Å²) in [5, 5.41) is 0. The van der Waals surface area contributed by atoms with Crippen molar-refractivity contribution in [3.63, 3.8) is 0 Å². The summed E-state index contributed by atoms with van der Waals surface area (Å²) in [6, 6.07) is 5.48. The Balaban J connectivity index is 2.53. The molecule has 1 heterocycles. The molecule has 1 aliphatic rings. The summed E-state index contributed by atoms with van der Waals surface area (Å²) in [6.45, 7) is -1.42. The van der Waals surface area contributed by atoms with Crippen LogP contribution in [0.25, 0.3) is 0 Å². The number of hydrogen-bond donors (Lipinski definition) is 0. The van der Waals surface area contributed by atoms with Crippen LogP contribution in [-0.4, -0.2) is 25.9 Å². The molecular formula is C11H10F3NO. The first-order chi connectivity index (χ1) is 7.70. The van der Waals surface area contributed by atoms with Gasteiger partial charge in [-0.15, -0.1) is 0 Å². The number of ether oxygens (including phenoxy) is 1. The first kappa shape index (κ1) is 11.0. The molecule has 2 rings (SSSR count). The normalized spacial score (nSPS) is 28.8. The van der Waals surface area contributed by atoms with Gasteiger partial charge in [0.1, 0.15) is 19.1 Å². The lowest BCUT2D eigenvalue weighted by molar-refractivity contribution is 0.0735. The van der Waals surface area contributed by atoms with Crippen LogP contribution in [0.2, 0.25) is 0 Å². The third-order valence-electron chi connectivity index (χ3n) is 2.66. The van der Waals surface area contributed by atoms with E-state index >= 15 is 0 Å². The molecule has 0 N–H and O–H groups in total. The summed E-state index contributed by atoms with van der Waals surface area (Å²) in [7, 11) is 0. The van der Waals surface area contributed by atoms with Crippen molar-refractivity contribution in [2.24, 2.45) is 4.99 Å². The van der Waals surface area contributed by atoms with Gasteiger partial charge in [0.2, 0.25) is 0 Å². The summed E-state index contributed by atoms with van der Waals surface area (Å²) in [4.78, 5) is 3.65. The third-order valence-corrected chi connectivity index (χ3v) is 2.66. The average molecular weight is 229 g/mol. The number of aliphatic imine (C=N–C) groups is 1. The molecule has 0 saturated heterocycles. The van der Waals surface area contributed by atoms with Crippen LogP contribution in [0.1, 0.15) is 5.56 Å². The van der Waals surface area contributed by atoms with E-state index in [0.717, 1.165) is 12.5 Å². The van der Waals surface area contributed by atoms with Crippen LogP contribution in [0.5, 0.6) is 0 Å². The van der Waals surface area contributed by atoms with E-state index in [-0.39, 0.29) is 12.2 Å². The highest BCUT2D eigenvalue weighted by Gasteiger charge is 2.45. The number of hydrogen-bond acceptors (Lipinski definition) is 2. The van der Waals surface area contributed by atoms with Crippen molar-refractivity contribution < 1.29 is 17.9 Å². The Bertz CT molecular complexity index is 410. The molecule has 0 unspecified atom stereocenters. The fourth-order valence-electron chi connectivity index (χ4n) is 1.72. The molecule has 0 radical (unpaired) electrons. The van der Waals surface area contributed by atoms with Crippen LogP contribution >= 0.6 is 0 Å². The molecule has 5 heteroatoms. The monoisotopic (exact) mass is 229 g/mol. The molecule has 1 aromatic rings. The highest BCUT2D eigenvalue weighted by atomic mass is 19.1. The zero-order valence-corrected chi connectivity index (χ0v) is 8.37. The fraction of sp³-hybridized carbons (Fsp3) is 0.364. The van der Waals surface area contributed by atoms with Gasteiger partial charge in [0.05, 0.1) is 0 Å². The summed E-state index contributed by atoms with van der Waals surface area (Å²) in [5.74, 6) is -0.665. The van der Waals surface area contributed by atoms with Gasteiger partial charge in [0.15, 0.2) is 18.1 Å². The molecule has 0 amide bonds. The van der Waals surface area contributed by atoms with Crippen molar-refractivity contribution in [3.8, 4) is 0 Å². The molecule has 1 aliphatic heterocycles. The van der Waals surface area contributed by atoms with Crippen LogP contribution in [0, 0.1) is 5.82 Å². The topological polar surface area (TPSA) is 21.6 Å². The minimum absolute atomic E-state index is 0.0791. The minimum atomic E-state index is -1.80. The number of alkyl halides is 2. The summed E-state index contributed by atoms with van der Waals surface area (Å²) < 4.78 is 45.0. The SMILES string of the molecule is FC[C@]1(c2ccccc2F)N=COC[C@H]1F. The summed E-state index contributed by atoms with van der Waals surface area (Å²) in [6.07, 6.45) is -0.721. The van der Waals surface area contributed by atoms with Gasteiger partial charge >= 0.3 is 0 Å². The smallest absolute Gasteiger partial charge is 0.170 e. The predicted octanol–water partition coefficient (Wildman–Crippen LogP) is 2.39. The van der Waals surface area contributed by atoms with Crippen LogP contribution in [0.3, 0.4) is 0 Å². The second kappa shape index (κ2) is 4.15. The van der Waals surface area contributed by atoms with Crippen molar-refractivity contribution >= 4 is 6.40 Å². The predicted molar refractivity (Wildman–Crippen MR) is 53.4 cm³/mol. The zero-order valence-electron chi connectivity index (χ0n) is 8.37. The lowest BCUT2D eigenvalue weighted by Gasteiger charge is -2.33. The molecule has 86 valence electrons. The van der Waals surface area contributed by atoms with E-state index in [9.17, 15) is 13.2 Å². The maximum absolute atomic E-state index is 13.7. The molecule has 0 fully saturated rings. The van der Waals surface area contributed by atoms with Crippen molar-refractivity contribution in [2.45, 2.75) is 11.7 Å². The van der Waals surface area contributed by atoms with E-state index in [0.29, 0.717) is 0 Å². The second-order valence-corrected chi connectivity index (χ2v) is 3.57. The van der Waals surface area contributed by atoms with Gasteiger partial charge in [-0.25, -0.2) is 18.2 Å². The van der Waals surface area contributed by atoms with Gasteiger partial charge in [-0.05, 0) is 6.07 Å². The zero-order chi connectivity index (χ0) is 11.6. The molecule has 2 nitrogen and oxygen atoms in total. The Kier molecular flexibility index (Phi) is 2.85. The molecule has 0 aromatic heterocycles. The molecule has 0 saturated carbocycles. The van der Waals surface area contributed by atoms with Crippen molar-refractivity contribution in [3.05, 3.63) is 35.6 Å². The van der Waals surface area contributed by atoms with Crippen molar-refractivity contribution in [1.82, 2.24) is 0 Å². The standard InChI is InChI=1S/C11H10F3NO/c12-6-11(10(14)5-16-7-15-11)8-3-1-2-4-9(8)13/h1-4,7,10H,5-6H2/t10-,11-/m1/s1. The molecule has 1 aromatic carbocycles. The van der Waals surface area contributed by atoms with Crippen LogP contribution < -0.4 is 0 Å². The maximum Gasteiger partial charge on any atom is 0.170 e. The van der Waals surface area contributed by atoms with Gasteiger partial charge in [0, 0.05) is 5.56 Å². The van der Waals surface area contributed by atoms with Crippen LogP contribution in [-0.2, 0) is 10.3 Å². The Morgan fingerprint density at radius 3 is 2.81 bits per heavy atom. The first-order valence-electron chi connectivity index (χ1n) is 4.81. The Hall–Kier alpha value is -1.52. The molecule has 0 bridgehead atoms. The second-order valence-electron chi connectivity index (χ2n) is 3.57. The molecule has 2 atom stereocenters. The maximum atomic E-state index is 13.7. The first-order valence-corrected chi connectivity index (χ1v) is 4.81. The molecule has 16 heavy (non-hydrogen) atoms. The largest absolute Gasteiger partial charge is 0.480 e. The van der Waals surface area contributed by atoms with E-state index < -0.39 is 24.2 Å². The molecule has 0 spiro atoms. The molecular weight excluding hydrogens is 219 g/mol. The van der Waals surface area contributed by atoms with E-state index in [1.807, 2.05) is 0 Å². The Labute approximate surface area is 90.8 Å². The Morgan fingerprint density at radius 1 is 1.44 bits per heavy atom. The van der Waals surface area contributed by atoms with E-state index in [1.165, 1.54) is 18.2 Å². The molecule has 0 aliphatic carbocycles. The van der Waals surface area contributed by atoms with E-state index in [4.69, 9.17) is 0 Å². The van der Waals surface area contributed by atoms with Gasteiger partial charge in [-0.3, -0.25) is 0 Å². The highest BCUT2D eigenvalue weighted by molar-refractivity contribution is 5.51. The third kappa shape index (κ3) is 1.56. The van der Waals surface area contributed by atoms with Crippen molar-refractivity contribution in [2.75, 3.05) is 13.3 Å². The number of rotatable bonds is 2. The lowest BCUT2D eigenvalue weighted by atomic mass is 9.86. The number of benzene rings is 1. The van der Waals surface area contributed by atoms with Gasteiger partial charge in [-0.2, -0.15) is 0 Å².